The smallest absolute Gasteiger partial charge is 0.221 e. The van der Waals surface area contributed by atoms with Crippen LogP contribution in [0.2, 0.25) is 0 Å². The average molecular weight is 223 g/mol. The normalized spacial score (nSPS) is 17.1. The second-order valence-corrected chi connectivity index (χ2v) is 4.23. The Morgan fingerprint density at radius 3 is 3.06 bits per heavy atom. The van der Waals surface area contributed by atoms with Crippen LogP contribution in [0, 0.1) is 5.92 Å². The van der Waals surface area contributed by atoms with Crippen molar-refractivity contribution in [2.24, 2.45) is 5.92 Å². The molecule has 1 fully saturated rings. The summed E-state index contributed by atoms with van der Waals surface area (Å²) >= 11 is 0. The fourth-order valence-corrected chi connectivity index (χ4v) is 1.60. The largest absolute Gasteiger partial charge is 0.391 e. The molecule has 1 heterocycles. The first kappa shape index (κ1) is 11.1. The zero-order chi connectivity index (χ0) is 11.4. The fraction of sp³-hybridized carbons (Fsp3) is 0.636. The molecule has 2 rings (SSSR count). The van der Waals surface area contributed by atoms with Crippen molar-refractivity contribution in [1.29, 1.82) is 0 Å². The molecule has 1 aromatic heterocycles. The molecular formula is C11H17N3O2. The van der Waals surface area contributed by atoms with Crippen LogP contribution in [0.4, 0.5) is 0 Å². The van der Waals surface area contributed by atoms with E-state index in [1.165, 1.54) is 0 Å². The monoisotopic (exact) mass is 223 g/mol. The van der Waals surface area contributed by atoms with Crippen molar-refractivity contribution >= 4 is 5.91 Å². The Morgan fingerprint density at radius 2 is 2.44 bits per heavy atom. The third-order valence-corrected chi connectivity index (χ3v) is 2.80. The van der Waals surface area contributed by atoms with Gasteiger partial charge in [0.1, 0.15) is 0 Å². The first-order chi connectivity index (χ1) is 7.75. The number of aromatic nitrogens is 2. The highest BCUT2D eigenvalue weighted by molar-refractivity contribution is 5.75. The Balaban J connectivity index is 1.60. The van der Waals surface area contributed by atoms with E-state index < -0.39 is 0 Å². The van der Waals surface area contributed by atoms with E-state index in [1.54, 1.807) is 10.9 Å². The van der Waals surface area contributed by atoms with Crippen LogP contribution < -0.4 is 5.32 Å². The summed E-state index contributed by atoms with van der Waals surface area (Å²) in [6, 6.07) is 1.83. The van der Waals surface area contributed by atoms with Gasteiger partial charge in [-0.05, 0) is 24.8 Å². The summed E-state index contributed by atoms with van der Waals surface area (Å²) in [5.74, 6) is 0.376. The minimum atomic E-state index is -0.367. The lowest BCUT2D eigenvalue weighted by Crippen LogP contribution is -2.33. The van der Waals surface area contributed by atoms with Crippen molar-refractivity contribution in [3.05, 3.63) is 18.5 Å². The van der Waals surface area contributed by atoms with Crippen LogP contribution in [0.5, 0.6) is 0 Å². The predicted molar refractivity (Wildman–Crippen MR) is 58.6 cm³/mol. The Labute approximate surface area is 94.5 Å². The van der Waals surface area contributed by atoms with Gasteiger partial charge < -0.3 is 10.4 Å². The Morgan fingerprint density at radius 1 is 1.62 bits per heavy atom. The summed E-state index contributed by atoms with van der Waals surface area (Å²) in [7, 11) is 0. The number of amides is 1. The van der Waals surface area contributed by atoms with Crippen LogP contribution in [0.3, 0.4) is 0 Å². The second kappa shape index (κ2) is 5.12. The fourth-order valence-electron chi connectivity index (χ4n) is 1.60. The molecule has 1 atom stereocenters. The molecule has 5 nitrogen and oxygen atoms in total. The average Bonchev–Trinajstić information content (AvgIpc) is 3.01. The van der Waals surface area contributed by atoms with E-state index >= 15 is 0 Å². The zero-order valence-electron chi connectivity index (χ0n) is 9.17. The minimum absolute atomic E-state index is 0.0322. The maximum Gasteiger partial charge on any atom is 0.221 e. The summed E-state index contributed by atoms with van der Waals surface area (Å²) in [6.45, 7) is 0.959. The SMILES string of the molecule is O=C(CCn1cccn1)NCC(O)C1CC1. The summed E-state index contributed by atoms with van der Waals surface area (Å²) in [4.78, 5) is 11.4. The first-order valence-electron chi connectivity index (χ1n) is 5.68. The van der Waals surface area contributed by atoms with Gasteiger partial charge in [0.25, 0.3) is 0 Å². The van der Waals surface area contributed by atoms with E-state index in [2.05, 4.69) is 10.4 Å². The van der Waals surface area contributed by atoms with Gasteiger partial charge in [-0.15, -0.1) is 0 Å². The van der Waals surface area contributed by atoms with E-state index in [4.69, 9.17) is 0 Å². The number of hydrogen-bond donors (Lipinski definition) is 2. The van der Waals surface area contributed by atoms with Crippen LogP contribution >= 0.6 is 0 Å². The molecular weight excluding hydrogens is 206 g/mol. The van der Waals surface area contributed by atoms with Gasteiger partial charge in [-0.3, -0.25) is 9.48 Å². The van der Waals surface area contributed by atoms with Crippen LogP contribution in [0.1, 0.15) is 19.3 Å². The number of aliphatic hydroxyl groups excluding tert-OH is 1. The minimum Gasteiger partial charge on any atom is -0.391 e. The Kier molecular flexibility index (Phi) is 3.56. The predicted octanol–water partition coefficient (Wildman–Crippen LogP) is 0.160. The number of hydrogen-bond acceptors (Lipinski definition) is 3. The lowest BCUT2D eigenvalue weighted by Gasteiger charge is -2.10. The third-order valence-electron chi connectivity index (χ3n) is 2.80. The van der Waals surface area contributed by atoms with Crippen molar-refractivity contribution < 1.29 is 9.90 Å². The molecule has 2 N–H and O–H groups in total. The lowest BCUT2D eigenvalue weighted by atomic mass is 10.2. The maximum atomic E-state index is 11.4. The number of carbonyl (C=O) groups excluding carboxylic acids is 1. The molecule has 5 heteroatoms. The number of nitrogens with one attached hydrogen (secondary N) is 1. The molecule has 1 unspecified atom stereocenters. The Hall–Kier alpha value is -1.36. The lowest BCUT2D eigenvalue weighted by molar-refractivity contribution is -0.121. The van der Waals surface area contributed by atoms with Crippen molar-refractivity contribution in [3.63, 3.8) is 0 Å². The van der Waals surface area contributed by atoms with Crippen molar-refractivity contribution in [2.45, 2.75) is 31.9 Å². The van der Waals surface area contributed by atoms with Gasteiger partial charge in [-0.25, -0.2) is 0 Å². The molecule has 0 radical (unpaired) electrons. The highest BCUT2D eigenvalue weighted by Crippen LogP contribution is 2.32. The molecule has 88 valence electrons. The molecule has 1 saturated carbocycles. The molecule has 1 aliphatic rings. The number of nitrogens with zero attached hydrogens (tertiary/aromatic N) is 2. The van der Waals surface area contributed by atoms with Gasteiger partial charge in [0, 0.05) is 31.9 Å². The molecule has 1 aliphatic carbocycles. The van der Waals surface area contributed by atoms with Crippen LogP contribution in [-0.4, -0.2) is 33.4 Å². The molecule has 0 aromatic carbocycles. The molecule has 1 amide bonds. The molecule has 1 aromatic rings. The van der Waals surface area contributed by atoms with Crippen LogP contribution in [0.25, 0.3) is 0 Å². The summed E-state index contributed by atoms with van der Waals surface area (Å²) in [6.07, 6.45) is 5.73. The molecule has 0 aliphatic heterocycles. The highest BCUT2D eigenvalue weighted by Gasteiger charge is 2.29. The standard InChI is InChI=1S/C11H17N3O2/c15-10(9-2-3-9)8-12-11(16)4-7-14-6-1-5-13-14/h1,5-6,9-10,15H,2-4,7-8H2,(H,12,16). The first-order valence-corrected chi connectivity index (χ1v) is 5.68. The van der Waals surface area contributed by atoms with E-state index in [-0.39, 0.29) is 12.0 Å². The van der Waals surface area contributed by atoms with Gasteiger partial charge in [0.05, 0.1) is 6.10 Å². The van der Waals surface area contributed by atoms with Gasteiger partial charge in [0.15, 0.2) is 0 Å². The molecule has 0 spiro atoms. The number of rotatable bonds is 6. The van der Waals surface area contributed by atoms with Crippen LogP contribution in [-0.2, 0) is 11.3 Å². The Bertz CT molecular complexity index is 333. The molecule has 0 saturated heterocycles. The van der Waals surface area contributed by atoms with Crippen molar-refractivity contribution in [3.8, 4) is 0 Å². The summed E-state index contributed by atoms with van der Waals surface area (Å²) in [5, 5.41) is 16.3. The van der Waals surface area contributed by atoms with Gasteiger partial charge in [0.2, 0.25) is 5.91 Å². The maximum absolute atomic E-state index is 11.4. The third kappa shape index (κ3) is 3.34. The van der Waals surface area contributed by atoms with E-state index in [9.17, 15) is 9.90 Å². The highest BCUT2D eigenvalue weighted by atomic mass is 16.3. The topological polar surface area (TPSA) is 67.2 Å². The molecule has 0 bridgehead atoms. The van der Waals surface area contributed by atoms with E-state index in [1.807, 2.05) is 12.3 Å². The quantitative estimate of drug-likeness (QED) is 0.722. The number of aryl methyl sites for hydroxylation is 1. The number of carbonyl (C=O) groups is 1. The summed E-state index contributed by atoms with van der Waals surface area (Å²) in [5.41, 5.74) is 0. The van der Waals surface area contributed by atoms with Gasteiger partial charge in [-0.1, -0.05) is 0 Å². The van der Waals surface area contributed by atoms with E-state index in [0.29, 0.717) is 25.4 Å². The number of aliphatic hydroxyl groups is 1. The van der Waals surface area contributed by atoms with Gasteiger partial charge in [-0.2, -0.15) is 5.10 Å². The van der Waals surface area contributed by atoms with Crippen molar-refractivity contribution in [1.82, 2.24) is 15.1 Å². The van der Waals surface area contributed by atoms with Crippen LogP contribution in [0.15, 0.2) is 18.5 Å². The van der Waals surface area contributed by atoms with Crippen molar-refractivity contribution in [2.75, 3.05) is 6.54 Å². The molecule has 16 heavy (non-hydrogen) atoms. The zero-order valence-corrected chi connectivity index (χ0v) is 9.17. The van der Waals surface area contributed by atoms with E-state index in [0.717, 1.165) is 12.8 Å². The second-order valence-electron chi connectivity index (χ2n) is 4.23. The van der Waals surface area contributed by atoms with Gasteiger partial charge >= 0.3 is 0 Å². The summed E-state index contributed by atoms with van der Waals surface area (Å²) < 4.78 is 1.72.